The summed E-state index contributed by atoms with van der Waals surface area (Å²) >= 11 is 0. The van der Waals surface area contributed by atoms with E-state index in [1.807, 2.05) is 0 Å². The average Bonchev–Trinajstić information content (AvgIpc) is 2.29. The molecule has 0 bridgehead atoms. The van der Waals surface area contributed by atoms with Crippen molar-refractivity contribution in [1.29, 1.82) is 0 Å². The molecule has 3 nitrogen and oxygen atoms in total. The molecule has 1 N–H and O–H groups in total. The van der Waals surface area contributed by atoms with Gasteiger partial charge in [0.15, 0.2) is 0 Å². The lowest BCUT2D eigenvalue weighted by atomic mass is 9.90. The van der Waals surface area contributed by atoms with Crippen molar-refractivity contribution >= 4 is 0 Å². The first-order valence-electron chi connectivity index (χ1n) is 6.80. The van der Waals surface area contributed by atoms with Gasteiger partial charge in [-0.25, -0.2) is 0 Å². The summed E-state index contributed by atoms with van der Waals surface area (Å²) in [6.45, 7) is 7.57. The van der Waals surface area contributed by atoms with Crippen molar-refractivity contribution in [2.75, 3.05) is 40.3 Å². The van der Waals surface area contributed by atoms with Crippen LogP contribution < -0.4 is 5.32 Å². The molecule has 0 aromatic heterocycles. The van der Waals surface area contributed by atoms with Gasteiger partial charge in [-0.15, -0.1) is 0 Å². The second kappa shape index (κ2) is 5.48. The third kappa shape index (κ3) is 2.76. The number of nitrogens with one attached hydrogen (secondary N) is 1. The SMILES string of the molecule is CNC1CCN(C2CCN(C)CC2C)CC1. The lowest BCUT2D eigenvalue weighted by Crippen LogP contribution is -2.53. The van der Waals surface area contributed by atoms with E-state index < -0.39 is 0 Å². The van der Waals surface area contributed by atoms with Crippen molar-refractivity contribution in [3.63, 3.8) is 0 Å². The van der Waals surface area contributed by atoms with Crippen LogP contribution in [0.5, 0.6) is 0 Å². The van der Waals surface area contributed by atoms with Crippen LogP contribution in [-0.2, 0) is 0 Å². The minimum Gasteiger partial charge on any atom is -0.317 e. The minimum atomic E-state index is 0.762. The zero-order chi connectivity index (χ0) is 11.5. The second-order valence-corrected chi connectivity index (χ2v) is 5.69. The highest BCUT2D eigenvalue weighted by Gasteiger charge is 2.31. The number of hydrogen-bond donors (Lipinski definition) is 1. The summed E-state index contributed by atoms with van der Waals surface area (Å²) in [7, 11) is 4.35. The molecule has 0 aromatic rings. The summed E-state index contributed by atoms with van der Waals surface area (Å²) in [5.74, 6) is 0.838. The normalized spacial score (nSPS) is 35.4. The van der Waals surface area contributed by atoms with E-state index in [9.17, 15) is 0 Å². The van der Waals surface area contributed by atoms with Crippen LogP contribution in [0.15, 0.2) is 0 Å². The van der Waals surface area contributed by atoms with Gasteiger partial charge in [0.05, 0.1) is 0 Å². The van der Waals surface area contributed by atoms with Gasteiger partial charge in [0, 0.05) is 18.6 Å². The molecule has 94 valence electrons. The Hall–Kier alpha value is -0.120. The molecule has 2 fully saturated rings. The van der Waals surface area contributed by atoms with Crippen molar-refractivity contribution in [2.24, 2.45) is 5.92 Å². The molecule has 0 radical (unpaired) electrons. The summed E-state index contributed by atoms with van der Waals surface area (Å²) in [5, 5.41) is 3.41. The van der Waals surface area contributed by atoms with Crippen molar-refractivity contribution in [3.8, 4) is 0 Å². The Morgan fingerprint density at radius 1 is 1.06 bits per heavy atom. The molecular formula is C13H27N3. The Morgan fingerprint density at radius 2 is 1.75 bits per heavy atom. The third-order valence-corrected chi connectivity index (χ3v) is 4.47. The molecule has 3 heteroatoms. The predicted octanol–water partition coefficient (Wildman–Crippen LogP) is 1.01. The fraction of sp³-hybridized carbons (Fsp3) is 1.00. The minimum absolute atomic E-state index is 0.762. The first kappa shape index (κ1) is 12.3. The van der Waals surface area contributed by atoms with E-state index in [0.29, 0.717) is 0 Å². The van der Waals surface area contributed by atoms with Crippen molar-refractivity contribution in [1.82, 2.24) is 15.1 Å². The Morgan fingerprint density at radius 3 is 2.31 bits per heavy atom. The number of rotatable bonds is 2. The third-order valence-electron chi connectivity index (χ3n) is 4.47. The molecule has 0 saturated carbocycles. The predicted molar refractivity (Wildman–Crippen MR) is 68.7 cm³/mol. The van der Waals surface area contributed by atoms with E-state index in [1.54, 1.807) is 0 Å². The van der Waals surface area contributed by atoms with Crippen LogP contribution in [0.25, 0.3) is 0 Å². The van der Waals surface area contributed by atoms with Crippen LogP contribution in [0.4, 0.5) is 0 Å². The number of nitrogens with zero attached hydrogens (tertiary/aromatic N) is 2. The average molecular weight is 225 g/mol. The van der Waals surface area contributed by atoms with E-state index in [1.165, 1.54) is 45.4 Å². The summed E-state index contributed by atoms with van der Waals surface area (Å²) < 4.78 is 0. The Balaban J connectivity index is 1.84. The van der Waals surface area contributed by atoms with Gasteiger partial charge in [0.25, 0.3) is 0 Å². The second-order valence-electron chi connectivity index (χ2n) is 5.69. The number of likely N-dealkylation sites (tertiary alicyclic amines) is 2. The lowest BCUT2D eigenvalue weighted by Gasteiger charge is -2.44. The molecular weight excluding hydrogens is 198 g/mol. The molecule has 0 spiro atoms. The molecule has 2 aliphatic rings. The first-order chi connectivity index (χ1) is 7.70. The molecule has 16 heavy (non-hydrogen) atoms. The molecule has 2 rings (SSSR count). The largest absolute Gasteiger partial charge is 0.317 e. The van der Waals surface area contributed by atoms with Crippen molar-refractivity contribution < 1.29 is 0 Å². The maximum Gasteiger partial charge on any atom is 0.0145 e. The van der Waals surface area contributed by atoms with E-state index in [0.717, 1.165) is 18.0 Å². The van der Waals surface area contributed by atoms with Gasteiger partial charge in [-0.1, -0.05) is 6.92 Å². The Kier molecular flexibility index (Phi) is 4.22. The van der Waals surface area contributed by atoms with Crippen LogP contribution in [0, 0.1) is 5.92 Å². The molecule has 2 aliphatic heterocycles. The topological polar surface area (TPSA) is 18.5 Å². The molecule has 0 aliphatic carbocycles. The van der Waals surface area contributed by atoms with Crippen LogP contribution in [0.3, 0.4) is 0 Å². The summed E-state index contributed by atoms with van der Waals surface area (Å²) in [6.07, 6.45) is 4.02. The van der Waals surface area contributed by atoms with Gasteiger partial charge in [-0.3, -0.25) is 4.90 Å². The lowest BCUT2D eigenvalue weighted by molar-refractivity contribution is 0.0553. The summed E-state index contributed by atoms with van der Waals surface area (Å²) in [4.78, 5) is 5.22. The van der Waals surface area contributed by atoms with Crippen LogP contribution in [0.2, 0.25) is 0 Å². The Labute approximate surface area is 100 Å². The smallest absolute Gasteiger partial charge is 0.0145 e. The van der Waals surface area contributed by atoms with E-state index >= 15 is 0 Å². The van der Waals surface area contributed by atoms with Gasteiger partial charge in [0.1, 0.15) is 0 Å². The van der Waals surface area contributed by atoms with Gasteiger partial charge in [0.2, 0.25) is 0 Å². The Bertz CT molecular complexity index is 211. The van der Waals surface area contributed by atoms with E-state index in [4.69, 9.17) is 0 Å². The van der Waals surface area contributed by atoms with Gasteiger partial charge < -0.3 is 10.2 Å². The fourth-order valence-electron chi connectivity index (χ4n) is 3.40. The summed E-state index contributed by atoms with van der Waals surface area (Å²) in [6, 6.07) is 1.60. The highest BCUT2D eigenvalue weighted by molar-refractivity contribution is 4.87. The standard InChI is InChI=1S/C13H27N3/c1-11-10-15(3)7-6-13(11)16-8-4-12(14-2)5-9-16/h11-14H,4-10H2,1-3H3. The van der Waals surface area contributed by atoms with Gasteiger partial charge in [-0.05, 0) is 58.9 Å². The molecule has 2 heterocycles. The van der Waals surface area contributed by atoms with E-state index in [-0.39, 0.29) is 0 Å². The van der Waals surface area contributed by atoms with Crippen molar-refractivity contribution in [2.45, 2.75) is 38.3 Å². The van der Waals surface area contributed by atoms with E-state index in [2.05, 4.69) is 36.1 Å². The maximum absolute atomic E-state index is 3.41. The van der Waals surface area contributed by atoms with Crippen molar-refractivity contribution in [3.05, 3.63) is 0 Å². The monoisotopic (exact) mass is 225 g/mol. The maximum atomic E-state index is 3.41. The fourth-order valence-corrected chi connectivity index (χ4v) is 3.40. The number of piperidine rings is 2. The molecule has 0 amide bonds. The zero-order valence-electron chi connectivity index (χ0n) is 11.1. The zero-order valence-corrected chi connectivity index (χ0v) is 11.1. The molecule has 2 unspecified atom stereocenters. The highest BCUT2D eigenvalue weighted by atomic mass is 15.2. The van der Waals surface area contributed by atoms with Gasteiger partial charge >= 0.3 is 0 Å². The van der Waals surface area contributed by atoms with Crippen LogP contribution in [0.1, 0.15) is 26.2 Å². The molecule has 0 aromatic carbocycles. The van der Waals surface area contributed by atoms with Gasteiger partial charge in [-0.2, -0.15) is 0 Å². The van der Waals surface area contributed by atoms with Crippen LogP contribution >= 0.6 is 0 Å². The summed E-state index contributed by atoms with van der Waals surface area (Å²) in [5.41, 5.74) is 0. The highest BCUT2D eigenvalue weighted by Crippen LogP contribution is 2.24. The quantitative estimate of drug-likeness (QED) is 0.757. The number of hydrogen-bond acceptors (Lipinski definition) is 3. The first-order valence-corrected chi connectivity index (χ1v) is 6.80. The van der Waals surface area contributed by atoms with Crippen LogP contribution in [-0.4, -0.2) is 62.2 Å². The molecule has 2 saturated heterocycles. The molecule has 2 atom stereocenters.